The summed E-state index contributed by atoms with van der Waals surface area (Å²) in [6.07, 6.45) is 7.80. The van der Waals surface area contributed by atoms with Gasteiger partial charge in [0.1, 0.15) is 17.6 Å². The van der Waals surface area contributed by atoms with Crippen molar-refractivity contribution in [1.29, 1.82) is 0 Å². The smallest absolute Gasteiger partial charge is 0.141 e. The first-order valence-corrected chi connectivity index (χ1v) is 14.4. The zero-order chi connectivity index (χ0) is 25.8. The van der Waals surface area contributed by atoms with Crippen molar-refractivity contribution in [2.75, 3.05) is 13.7 Å². The van der Waals surface area contributed by atoms with Crippen LogP contribution in [0.25, 0.3) is 0 Å². The van der Waals surface area contributed by atoms with Crippen LogP contribution in [0.4, 0.5) is 0 Å². The number of methoxy groups -OCH3 is 1. The van der Waals surface area contributed by atoms with Gasteiger partial charge in [-0.15, -0.1) is 0 Å². The molecule has 0 heterocycles. The Hall–Kier alpha value is -0.870. The van der Waals surface area contributed by atoms with Crippen LogP contribution in [0.2, 0.25) is 0 Å². The van der Waals surface area contributed by atoms with E-state index in [2.05, 4.69) is 41.5 Å². The number of Topliss-reactive ketones (excluding diaryl/α,β-unsaturated/α-hetero) is 1. The van der Waals surface area contributed by atoms with Gasteiger partial charge in [0, 0.05) is 19.4 Å². The van der Waals surface area contributed by atoms with Gasteiger partial charge in [-0.2, -0.15) is 0 Å². The minimum atomic E-state index is -0.703. The molecular formula is C31H50O4. The van der Waals surface area contributed by atoms with E-state index in [1.807, 2.05) is 6.92 Å². The van der Waals surface area contributed by atoms with Crippen molar-refractivity contribution < 1.29 is 19.7 Å². The predicted molar refractivity (Wildman–Crippen MR) is 139 cm³/mol. The molecule has 0 amide bonds. The zero-order valence-electron chi connectivity index (χ0n) is 23.5. The lowest BCUT2D eigenvalue weighted by Gasteiger charge is -2.72. The highest BCUT2D eigenvalue weighted by Crippen LogP contribution is 2.76. The lowest BCUT2D eigenvalue weighted by atomic mass is 9.32. The van der Waals surface area contributed by atoms with E-state index < -0.39 is 5.41 Å². The Morgan fingerprint density at radius 2 is 1.66 bits per heavy atom. The Morgan fingerprint density at radius 1 is 0.971 bits per heavy atom. The topological polar surface area (TPSA) is 66.8 Å². The van der Waals surface area contributed by atoms with E-state index in [-0.39, 0.29) is 52.0 Å². The Labute approximate surface area is 213 Å². The molecule has 198 valence electrons. The Bertz CT molecular complexity index is 940. The molecule has 5 aliphatic carbocycles. The van der Waals surface area contributed by atoms with Gasteiger partial charge in [0.15, 0.2) is 0 Å². The second-order valence-electron chi connectivity index (χ2n) is 14.8. The number of carbonyl (C=O) groups is 1. The van der Waals surface area contributed by atoms with Gasteiger partial charge >= 0.3 is 0 Å². The van der Waals surface area contributed by atoms with E-state index >= 15 is 0 Å². The van der Waals surface area contributed by atoms with Gasteiger partial charge in [0.2, 0.25) is 0 Å². The van der Waals surface area contributed by atoms with E-state index in [9.17, 15) is 15.0 Å². The molecule has 2 N–H and O–H groups in total. The number of hydrogen-bond donors (Lipinski definition) is 2. The minimum Gasteiger partial charge on any atom is -0.510 e. The molecule has 4 saturated carbocycles. The minimum absolute atomic E-state index is 0.0288. The molecule has 0 aromatic carbocycles. The number of carbonyl (C=O) groups excluding carboxylic acids is 1. The fourth-order valence-corrected chi connectivity index (χ4v) is 11.0. The molecule has 0 saturated heterocycles. The van der Waals surface area contributed by atoms with Gasteiger partial charge in [0.05, 0.1) is 12.0 Å². The molecule has 5 aliphatic rings. The van der Waals surface area contributed by atoms with Gasteiger partial charge in [-0.3, -0.25) is 4.79 Å². The van der Waals surface area contributed by atoms with Crippen molar-refractivity contribution in [3.8, 4) is 0 Å². The molecule has 4 heteroatoms. The molecule has 4 fully saturated rings. The lowest BCUT2D eigenvalue weighted by molar-refractivity contribution is -0.224. The van der Waals surface area contributed by atoms with Crippen LogP contribution in [0, 0.1) is 56.7 Å². The number of ether oxygens (including phenoxy) is 1. The Kier molecular flexibility index (Phi) is 5.76. The highest BCUT2D eigenvalue weighted by molar-refractivity contribution is 5.86. The molecule has 11 atom stereocenters. The third kappa shape index (κ3) is 2.96. The van der Waals surface area contributed by atoms with Gasteiger partial charge < -0.3 is 14.9 Å². The number of ketones is 1. The van der Waals surface area contributed by atoms with Crippen LogP contribution >= 0.6 is 0 Å². The zero-order valence-corrected chi connectivity index (χ0v) is 23.5. The van der Waals surface area contributed by atoms with Gasteiger partial charge in [0.25, 0.3) is 0 Å². The summed E-state index contributed by atoms with van der Waals surface area (Å²) in [5, 5.41) is 22.7. The second-order valence-corrected chi connectivity index (χ2v) is 14.8. The highest BCUT2D eigenvalue weighted by Gasteiger charge is 2.72. The predicted octanol–water partition coefficient (Wildman–Crippen LogP) is 6.72. The van der Waals surface area contributed by atoms with Crippen molar-refractivity contribution in [3.63, 3.8) is 0 Å². The summed E-state index contributed by atoms with van der Waals surface area (Å²) >= 11 is 0. The third-order valence-electron chi connectivity index (χ3n) is 13.6. The van der Waals surface area contributed by atoms with E-state index in [0.29, 0.717) is 29.9 Å². The van der Waals surface area contributed by atoms with Crippen LogP contribution in [-0.2, 0) is 9.53 Å². The maximum atomic E-state index is 13.1. The van der Waals surface area contributed by atoms with Crippen LogP contribution in [-0.4, -0.2) is 35.8 Å². The lowest BCUT2D eigenvalue weighted by Crippen LogP contribution is -2.69. The molecular weight excluding hydrogens is 436 g/mol. The van der Waals surface area contributed by atoms with Crippen molar-refractivity contribution >= 4 is 5.78 Å². The van der Waals surface area contributed by atoms with Crippen molar-refractivity contribution in [2.45, 2.75) is 106 Å². The standard InChI is InChI=1S/C31H50O4/c1-18-9-12-27(3)15-16-30(6)23(22(27)19(18)2)24(34)25(35-8)26-28(4)13-11-21(33)29(5,17-32)20(28)10-14-31(26,30)7/h18-20,22,25-26,32,34H,9-17H2,1-8H3. The number of aliphatic hydroxyl groups excluding tert-OH is 2. The summed E-state index contributed by atoms with van der Waals surface area (Å²) in [6.45, 7) is 16.5. The normalized spacial score (nSPS) is 56.1. The largest absolute Gasteiger partial charge is 0.510 e. The average Bonchev–Trinajstić information content (AvgIpc) is 2.81. The third-order valence-corrected chi connectivity index (χ3v) is 13.6. The molecule has 0 aromatic rings. The van der Waals surface area contributed by atoms with Crippen molar-refractivity contribution in [3.05, 3.63) is 11.3 Å². The first kappa shape index (κ1) is 25.8. The second kappa shape index (κ2) is 7.82. The summed E-state index contributed by atoms with van der Waals surface area (Å²) in [6, 6.07) is 0. The number of rotatable bonds is 2. The Morgan fingerprint density at radius 3 is 2.29 bits per heavy atom. The molecule has 0 aromatic heterocycles. The van der Waals surface area contributed by atoms with E-state index in [4.69, 9.17) is 4.74 Å². The van der Waals surface area contributed by atoms with Crippen molar-refractivity contribution in [1.82, 2.24) is 0 Å². The van der Waals surface area contributed by atoms with E-state index in [0.717, 1.165) is 25.7 Å². The van der Waals surface area contributed by atoms with Crippen LogP contribution in [0.15, 0.2) is 11.3 Å². The molecule has 35 heavy (non-hydrogen) atoms. The summed E-state index contributed by atoms with van der Waals surface area (Å²) in [4.78, 5) is 13.1. The summed E-state index contributed by atoms with van der Waals surface area (Å²) in [5.41, 5.74) is 0.564. The monoisotopic (exact) mass is 486 g/mol. The number of aliphatic hydroxyl groups is 2. The highest BCUT2D eigenvalue weighted by atomic mass is 16.5. The van der Waals surface area contributed by atoms with Gasteiger partial charge in [-0.25, -0.2) is 0 Å². The maximum Gasteiger partial charge on any atom is 0.141 e. The van der Waals surface area contributed by atoms with Crippen molar-refractivity contribution in [2.24, 2.45) is 56.7 Å². The molecule has 0 radical (unpaired) electrons. The fraction of sp³-hybridized carbons (Fsp3) is 0.903. The molecule has 4 nitrogen and oxygen atoms in total. The van der Waals surface area contributed by atoms with E-state index in [1.165, 1.54) is 24.8 Å². The van der Waals surface area contributed by atoms with Crippen LogP contribution in [0.3, 0.4) is 0 Å². The molecule has 0 aliphatic heterocycles. The van der Waals surface area contributed by atoms with Gasteiger partial charge in [-0.1, -0.05) is 48.5 Å². The molecule has 5 rings (SSSR count). The van der Waals surface area contributed by atoms with Crippen LogP contribution < -0.4 is 0 Å². The SMILES string of the molecule is COC1C(O)=C2C3C(C)C(C)CCC3(C)CCC2(C)C2(C)CCC3C(C)(CO)C(=O)CCC3(C)C12. The molecule has 0 bridgehead atoms. The van der Waals surface area contributed by atoms with Crippen LogP contribution in [0.1, 0.15) is 99.8 Å². The average molecular weight is 487 g/mol. The molecule has 0 spiro atoms. The fourth-order valence-electron chi connectivity index (χ4n) is 11.0. The summed E-state index contributed by atoms with van der Waals surface area (Å²) in [7, 11) is 1.77. The van der Waals surface area contributed by atoms with Crippen LogP contribution in [0.5, 0.6) is 0 Å². The molecule has 11 unspecified atom stereocenters. The quantitative estimate of drug-likeness (QED) is 0.455. The van der Waals surface area contributed by atoms with Gasteiger partial charge in [-0.05, 0) is 95.9 Å². The number of fused-ring (bicyclic) bond motifs is 7. The number of hydrogen-bond acceptors (Lipinski definition) is 4. The first-order valence-electron chi connectivity index (χ1n) is 14.4. The number of allylic oxidation sites excluding steroid dienone is 1. The maximum absolute atomic E-state index is 13.1. The summed E-state index contributed by atoms with van der Waals surface area (Å²) in [5.74, 6) is 2.54. The van der Waals surface area contributed by atoms with E-state index in [1.54, 1.807) is 7.11 Å². The first-order chi connectivity index (χ1) is 16.2. The summed E-state index contributed by atoms with van der Waals surface area (Å²) < 4.78 is 6.29. The Balaban J connectivity index is 1.71.